The third-order valence-corrected chi connectivity index (χ3v) is 4.98. The number of esters is 1. The summed E-state index contributed by atoms with van der Waals surface area (Å²) in [6.45, 7) is 9.01. The van der Waals surface area contributed by atoms with E-state index in [1.54, 1.807) is 18.2 Å². The second kappa shape index (κ2) is 9.14. The predicted octanol–water partition coefficient (Wildman–Crippen LogP) is 1.82. The highest BCUT2D eigenvalue weighted by Gasteiger charge is 2.16. The van der Waals surface area contributed by atoms with Gasteiger partial charge >= 0.3 is 5.97 Å². The lowest BCUT2D eigenvalue weighted by molar-refractivity contribution is -0.149. The highest BCUT2D eigenvalue weighted by Crippen LogP contribution is 2.14. The van der Waals surface area contributed by atoms with Crippen molar-refractivity contribution in [2.75, 3.05) is 13.2 Å². The SMILES string of the molecule is Cc1ccc(S(=O)(=O)NCCCC(=O)OCC(=O)NC(C)(C)C)cc1C. The van der Waals surface area contributed by atoms with Gasteiger partial charge in [0.05, 0.1) is 4.90 Å². The Morgan fingerprint density at radius 2 is 1.77 bits per heavy atom. The molecule has 0 radical (unpaired) electrons. The van der Waals surface area contributed by atoms with E-state index in [1.165, 1.54) is 0 Å². The summed E-state index contributed by atoms with van der Waals surface area (Å²) >= 11 is 0. The second-order valence-electron chi connectivity index (χ2n) is 7.21. The minimum absolute atomic E-state index is 0.0260. The highest BCUT2D eigenvalue weighted by atomic mass is 32.2. The topological polar surface area (TPSA) is 102 Å². The Kier molecular flexibility index (Phi) is 7.77. The lowest BCUT2D eigenvalue weighted by atomic mass is 10.1. The zero-order chi connectivity index (χ0) is 20.0. The van der Waals surface area contributed by atoms with Crippen molar-refractivity contribution in [1.29, 1.82) is 0 Å². The normalized spacial score (nSPS) is 11.9. The Morgan fingerprint density at radius 3 is 2.35 bits per heavy atom. The number of benzene rings is 1. The maximum Gasteiger partial charge on any atom is 0.306 e. The first-order valence-electron chi connectivity index (χ1n) is 8.44. The van der Waals surface area contributed by atoms with Gasteiger partial charge in [-0.1, -0.05) is 6.07 Å². The maximum atomic E-state index is 12.2. The molecule has 8 heteroatoms. The number of amides is 1. The van der Waals surface area contributed by atoms with Crippen LogP contribution in [-0.4, -0.2) is 39.0 Å². The summed E-state index contributed by atoms with van der Waals surface area (Å²) < 4.78 is 31.7. The third kappa shape index (κ3) is 7.97. The molecule has 0 fully saturated rings. The zero-order valence-corrected chi connectivity index (χ0v) is 16.8. The van der Waals surface area contributed by atoms with Crippen molar-refractivity contribution in [1.82, 2.24) is 10.0 Å². The van der Waals surface area contributed by atoms with Gasteiger partial charge in [-0.3, -0.25) is 9.59 Å². The number of hydrogen-bond acceptors (Lipinski definition) is 5. The van der Waals surface area contributed by atoms with Crippen LogP contribution >= 0.6 is 0 Å². The van der Waals surface area contributed by atoms with Gasteiger partial charge in [0.15, 0.2) is 6.61 Å². The maximum absolute atomic E-state index is 12.2. The minimum Gasteiger partial charge on any atom is -0.456 e. The molecule has 0 spiro atoms. The fourth-order valence-electron chi connectivity index (χ4n) is 2.08. The smallest absolute Gasteiger partial charge is 0.306 e. The van der Waals surface area contributed by atoms with Crippen molar-refractivity contribution in [3.8, 4) is 0 Å². The number of hydrogen-bond donors (Lipinski definition) is 2. The molecule has 0 atom stereocenters. The third-order valence-electron chi connectivity index (χ3n) is 3.52. The Labute approximate surface area is 155 Å². The van der Waals surface area contributed by atoms with Crippen molar-refractivity contribution in [2.45, 2.75) is 57.9 Å². The van der Waals surface area contributed by atoms with Crippen LogP contribution in [0.1, 0.15) is 44.7 Å². The van der Waals surface area contributed by atoms with Crippen LogP contribution in [0.5, 0.6) is 0 Å². The molecule has 0 saturated heterocycles. The molecule has 0 aliphatic rings. The van der Waals surface area contributed by atoms with Gasteiger partial charge < -0.3 is 10.1 Å². The molecular weight excluding hydrogens is 356 g/mol. The molecule has 1 amide bonds. The van der Waals surface area contributed by atoms with Crippen molar-refractivity contribution in [3.63, 3.8) is 0 Å². The molecule has 146 valence electrons. The number of nitrogens with one attached hydrogen (secondary N) is 2. The van der Waals surface area contributed by atoms with Gasteiger partial charge in [0.25, 0.3) is 5.91 Å². The van der Waals surface area contributed by atoms with E-state index in [-0.39, 0.29) is 36.8 Å². The van der Waals surface area contributed by atoms with Crippen molar-refractivity contribution in [2.24, 2.45) is 0 Å². The second-order valence-corrected chi connectivity index (χ2v) is 8.97. The van der Waals surface area contributed by atoms with Crippen LogP contribution in [0.15, 0.2) is 23.1 Å². The van der Waals surface area contributed by atoms with Crippen LogP contribution in [-0.2, 0) is 24.3 Å². The molecule has 0 bridgehead atoms. The van der Waals surface area contributed by atoms with Gasteiger partial charge in [0, 0.05) is 18.5 Å². The van der Waals surface area contributed by atoms with Gasteiger partial charge in [0.1, 0.15) is 0 Å². The summed E-state index contributed by atoms with van der Waals surface area (Å²) in [6.07, 6.45) is 0.308. The van der Waals surface area contributed by atoms with Crippen molar-refractivity contribution >= 4 is 21.9 Å². The van der Waals surface area contributed by atoms with Crippen molar-refractivity contribution < 1.29 is 22.7 Å². The van der Waals surface area contributed by atoms with Crippen molar-refractivity contribution in [3.05, 3.63) is 29.3 Å². The van der Waals surface area contributed by atoms with Gasteiger partial charge in [-0.2, -0.15) is 0 Å². The molecule has 1 rings (SSSR count). The molecule has 7 nitrogen and oxygen atoms in total. The van der Waals surface area contributed by atoms with E-state index < -0.39 is 21.5 Å². The van der Waals surface area contributed by atoms with E-state index >= 15 is 0 Å². The van der Waals surface area contributed by atoms with E-state index in [0.29, 0.717) is 0 Å². The van der Waals surface area contributed by atoms with E-state index in [1.807, 2.05) is 34.6 Å². The average Bonchev–Trinajstić information content (AvgIpc) is 2.50. The first-order valence-corrected chi connectivity index (χ1v) is 9.92. The molecule has 26 heavy (non-hydrogen) atoms. The lowest BCUT2D eigenvalue weighted by Gasteiger charge is -2.20. The summed E-state index contributed by atoms with van der Waals surface area (Å²) in [5.74, 6) is -0.916. The molecule has 0 heterocycles. The van der Waals surface area contributed by atoms with Gasteiger partial charge in [-0.25, -0.2) is 13.1 Å². The molecule has 2 N–H and O–H groups in total. The first kappa shape index (κ1) is 22.1. The van der Waals surface area contributed by atoms with Crippen LogP contribution in [0.3, 0.4) is 0 Å². The largest absolute Gasteiger partial charge is 0.456 e. The summed E-state index contributed by atoms with van der Waals surface area (Å²) in [5.41, 5.74) is 1.52. The standard InChI is InChI=1S/C18H28N2O5S/c1-13-8-9-15(11-14(13)2)26(23,24)19-10-6-7-17(22)25-12-16(21)20-18(3,4)5/h8-9,11,19H,6-7,10,12H2,1-5H3,(H,20,21). The fourth-order valence-corrected chi connectivity index (χ4v) is 3.24. The number of carbonyl (C=O) groups excluding carboxylic acids is 2. The van der Waals surface area contributed by atoms with Gasteiger partial charge in [-0.05, 0) is 64.3 Å². The molecule has 0 aliphatic heterocycles. The molecule has 1 aromatic carbocycles. The number of rotatable bonds is 8. The van der Waals surface area contributed by atoms with Gasteiger partial charge in [-0.15, -0.1) is 0 Å². The molecule has 0 saturated carbocycles. The van der Waals surface area contributed by atoms with Crippen LogP contribution in [0, 0.1) is 13.8 Å². The van der Waals surface area contributed by atoms with Crippen LogP contribution < -0.4 is 10.0 Å². The molecule has 0 aliphatic carbocycles. The van der Waals surface area contributed by atoms with Crippen LogP contribution in [0.25, 0.3) is 0 Å². The summed E-state index contributed by atoms with van der Waals surface area (Å²) in [6, 6.07) is 4.91. The Hall–Kier alpha value is -1.93. The van der Waals surface area contributed by atoms with E-state index in [0.717, 1.165) is 11.1 Å². The Bertz CT molecular complexity index is 751. The fraction of sp³-hybridized carbons (Fsp3) is 0.556. The molecular formula is C18H28N2O5S. The monoisotopic (exact) mass is 384 g/mol. The molecule has 0 unspecified atom stereocenters. The van der Waals surface area contributed by atoms with E-state index in [2.05, 4.69) is 10.0 Å². The first-order chi connectivity index (χ1) is 11.9. The summed E-state index contributed by atoms with van der Waals surface area (Å²) in [7, 11) is -3.61. The minimum atomic E-state index is -3.61. The summed E-state index contributed by atoms with van der Waals surface area (Å²) in [5, 5.41) is 2.68. The number of sulfonamides is 1. The van der Waals surface area contributed by atoms with Crippen LogP contribution in [0.2, 0.25) is 0 Å². The van der Waals surface area contributed by atoms with Crippen LogP contribution in [0.4, 0.5) is 0 Å². The average molecular weight is 384 g/mol. The van der Waals surface area contributed by atoms with E-state index in [9.17, 15) is 18.0 Å². The zero-order valence-electron chi connectivity index (χ0n) is 16.0. The Morgan fingerprint density at radius 1 is 1.12 bits per heavy atom. The van der Waals surface area contributed by atoms with E-state index in [4.69, 9.17) is 4.74 Å². The highest BCUT2D eigenvalue weighted by molar-refractivity contribution is 7.89. The molecule has 1 aromatic rings. The van der Waals surface area contributed by atoms with Gasteiger partial charge in [0.2, 0.25) is 10.0 Å². The summed E-state index contributed by atoms with van der Waals surface area (Å²) in [4.78, 5) is 23.4. The lowest BCUT2D eigenvalue weighted by Crippen LogP contribution is -2.42. The number of aryl methyl sites for hydroxylation is 2. The Balaban J connectivity index is 2.36. The number of ether oxygens (including phenoxy) is 1. The predicted molar refractivity (Wildman–Crippen MR) is 99.2 cm³/mol. The quantitative estimate of drug-likeness (QED) is 0.526. The number of carbonyl (C=O) groups is 2. The molecule has 0 aromatic heterocycles.